The summed E-state index contributed by atoms with van der Waals surface area (Å²) in [4.78, 5) is 4.44. The van der Waals surface area contributed by atoms with Crippen LogP contribution in [0.3, 0.4) is 0 Å². The number of allylic oxidation sites excluding steroid dienone is 2. The second-order valence-corrected chi connectivity index (χ2v) is 4.23. The van der Waals surface area contributed by atoms with E-state index in [1.807, 2.05) is 13.1 Å². The average molecular weight is 203 g/mol. The molecule has 2 atom stereocenters. The van der Waals surface area contributed by atoms with Gasteiger partial charge in [0.2, 0.25) is 0 Å². The third-order valence-corrected chi connectivity index (χ3v) is 3.07. The Morgan fingerprint density at radius 2 is 2.33 bits per heavy atom. The van der Waals surface area contributed by atoms with Crippen molar-refractivity contribution in [1.82, 2.24) is 4.98 Å². The number of hydrogen-bond donors (Lipinski definition) is 1. The Labute approximate surface area is 90.7 Å². The van der Waals surface area contributed by atoms with Gasteiger partial charge in [0.15, 0.2) is 0 Å². The summed E-state index contributed by atoms with van der Waals surface area (Å²) in [5, 5.41) is 9.32. The highest BCUT2D eigenvalue weighted by molar-refractivity contribution is 5.21. The molecular formula is C13H17NO. The van der Waals surface area contributed by atoms with E-state index in [1.54, 1.807) is 0 Å². The molecule has 1 aliphatic rings. The predicted molar refractivity (Wildman–Crippen MR) is 60.7 cm³/mol. The number of nitrogens with zero attached hydrogens (tertiary/aromatic N) is 1. The molecule has 0 fully saturated rings. The molecule has 1 heterocycles. The number of aryl methyl sites for hydroxylation is 1. The molecule has 1 N–H and O–H groups in total. The van der Waals surface area contributed by atoms with E-state index < -0.39 is 0 Å². The lowest BCUT2D eigenvalue weighted by Crippen LogP contribution is -2.18. The fraction of sp³-hybridized carbons (Fsp3) is 0.462. The van der Waals surface area contributed by atoms with Gasteiger partial charge in [-0.25, -0.2) is 0 Å². The summed E-state index contributed by atoms with van der Waals surface area (Å²) in [5.74, 6) is 0.634. The molecule has 2 nitrogen and oxygen atoms in total. The van der Waals surface area contributed by atoms with Crippen LogP contribution in [0.25, 0.3) is 0 Å². The van der Waals surface area contributed by atoms with Crippen molar-refractivity contribution in [3.8, 4) is 0 Å². The first kappa shape index (κ1) is 10.4. The Hall–Kier alpha value is -1.15. The quantitative estimate of drug-likeness (QED) is 0.749. The number of hydrogen-bond acceptors (Lipinski definition) is 2. The van der Waals surface area contributed by atoms with E-state index in [4.69, 9.17) is 0 Å². The van der Waals surface area contributed by atoms with Crippen molar-refractivity contribution in [1.29, 1.82) is 0 Å². The summed E-state index contributed by atoms with van der Waals surface area (Å²) in [6.45, 7) is 2.29. The molecule has 2 heteroatoms. The largest absolute Gasteiger partial charge is 0.396 e. The van der Waals surface area contributed by atoms with Gasteiger partial charge in [0.1, 0.15) is 0 Å². The van der Waals surface area contributed by atoms with Crippen LogP contribution >= 0.6 is 0 Å². The Morgan fingerprint density at radius 1 is 1.47 bits per heavy atom. The molecule has 0 aliphatic heterocycles. The van der Waals surface area contributed by atoms with Crippen LogP contribution < -0.4 is 0 Å². The molecule has 0 amide bonds. The van der Waals surface area contributed by atoms with Gasteiger partial charge in [-0.3, -0.25) is 4.98 Å². The molecular weight excluding hydrogens is 186 g/mol. The molecule has 80 valence electrons. The van der Waals surface area contributed by atoms with Gasteiger partial charge in [-0.1, -0.05) is 18.2 Å². The minimum absolute atomic E-state index is 0.255. The molecule has 0 aromatic carbocycles. The van der Waals surface area contributed by atoms with E-state index in [0.29, 0.717) is 11.8 Å². The molecule has 15 heavy (non-hydrogen) atoms. The van der Waals surface area contributed by atoms with Crippen LogP contribution in [0.5, 0.6) is 0 Å². The Morgan fingerprint density at radius 3 is 3.00 bits per heavy atom. The monoisotopic (exact) mass is 203 g/mol. The fourth-order valence-corrected chi connectivity index (χ4v) is 2.11. The summed E-state index contributed by atoms with van der Waals surface area (Å²) in [5.41, 5.74) is 2.26. The van der Waals surface area contributed by atoms with Crippen molar-refractivity contribution in [3.05, 3.63) is 41.7 Å². The van der Waals surface area contributed by atoms with Gasteiger partial charge in [0, 0.05) is 24.4 Å². The SMILES string of the molecule is Cc1ccc(C2C=CCC[C@@H]2CO)nc1. The number of aromatic nitrogens is 1. The maximum atomic E-state index is 9.32. The molecule has 1 aliphatic carbocycles. The Kier molecular flexibility index (Phi) is 3.17. The topological polar surface area (TPSA) is 33.1 Å². The summed E-state index contributed by atoms with van der Waals surface area (Å²) in [6.07, 6.45) is 8.41. The van der Waals surface area contributed by atoms with E-state index in [0.717, 1.165) is 18.5 Å². The van der Waals surface area contributed by atoms with E-state index >= 15 is 0 Å². The zero-order valence-electron chi connectivity index (χ0n) is 9.06. The van der Waals surface area contributed by atoms with Crippen molar-refractivity contribution in [3.63, 3.8) is 0 Å². The zero-order valence-corrected chi connectivity index (χ0v) is 9.06. The van der Waals surface area contributed by atoms with Crippen LogP contribution in [-0.2, 0) is 0 Å². The number of aliphatic hydroxyl groups is 1. The van der Waals surface area contributed by atoms with Gasteiger partial charge in [-0.05, 0) is 37.3 Å². The number of pyridine rings is 1. The van der Waals surface area contributed by atoms with Gasteiger partial charge in [-0.15, -0.1) is 0 Å². The first-order chi connectivity index (χ1) is 7.31. The minimum Gasteiger partial charge on any atom is -0.396 e. The van der Waals surface area contributed by atoms with E-state index in [-0.39, 0.29) is 6.61 Å². The smallest absolute Gasteiger partial charge is 0.0476 e. The minimum atomic E-state index is 0.255. The first-order valence-electron chi connectivity index (χ1n) is 5.51. The van der Waals surface area contributed by atoms with Crippen molar-refractivity contribution in [2.45, 2.75) is 25.7 Å². The molecule has 0 spiro atoms. The van der Waals surface area contributed by atoms with E-state index in [1.165, 1.54) is 5.56 Å². The highest BCUT2D eigenvalue weighted by Gasteiger charge is 2.23. The number of rotatable bonds is 2. The van der Waals surface area contributed by atoms with E-state index in [2.05, 4.69) is 29.3 Å². The molecule has 1 aromatic rings. The standard InChI is InChI=1S/C13H17NO/c1-10-6-7-13(14-8-10)12-5-3-2-4-11(12)9-15/h3,5-8,11-12,15H,2,4,9H2,1H3/t11-,12?/m1/s1. The van der Waals surface area contributed by atoms with Crippen molar-refractivity contribution in [2.75, 3.05) is 6.61 Å². The van der Waals surface area contributed by atoms with Crippen molar-refractivity contribution < 1.29 is 5.11 Å². The van der Waals surface area contributed by atoms with Gasteiger partial charge in [0.05, 0.1) is 0 Å². The van der Waals surface area contributed by atoms with Gasteiger partial charge in [0.25, 0.3) is 0 Å². The van der Waals surface area contributed by atoms with Crippen LogP contribution in [0.4, 0.5) is 0 Å². The van der Waals surface area contributed by atoms with Crippen LogP contribution in [0.15, 0.2) is 30.5 Å². The highest BCUT2D eigenvalue weighted by Crippen LogP contribution is 2.31. The highest BCUT2D eigenvalue weighted by atomic mass is 16.3. The Bertz CT molecular complexity index is 342. The lowest BCUT2D eigenvalue weighted by Gasteiger charge is -2.25. The summed E-state index contributed by atoms with van der Waals surface area (Å²) < 4.78 is 0. The third-order valence-electron chi connectivity index (χ3n) is 3.07. The second kappa shape index (κ2) is 4.58. The van der Waals surface area contributed by atoms with Crippen LogP contribution in [0, 0.1) is 12.8 Å². The van der Waals surface area contributed by atoms with Crippen LogP contribution in [0.1, 0.15) is 30.0 Å². The zero-order chi connectivity index (χ0) is 10.7. The van der Waals surface area contributed by atoms with Crippen molar-refractivity contribution in [2.24, 2.45) is 5.92 Å². The summed E-state index contributed by atoms with van der Waals surface area (Å²) in [6, 6.07) is 4.15. The molecule has 2 rings (SSSR count). The van der Waals surface area contributed by atoms with Crippen LogP contribution in [-0.4, -0.2) is 16.7 Å². The van der Waals surface area contributed by atoms with Gasteiger partial charge >= 0.3 is 0 Å². The van der Waals surface area contributed by atoms with Gasteiger partial charge < -0.3 is 5.11 Å². The van der Waals surface area contributed by atoms with Crippen LogP contribution in [0.2, 0.25) is 0 Å². The molecule has 0 saturated heterocycles. The Balaban J connectivity index is 2.24. The lowest BCUT2D eigenvalue weighted by molar-refractivity contribution is 0.203. The average Bonchev–Trinajstić information content (AvgIpc) is 2.30. The normalized spacial score (nSPS) is 25.5. The molecule has 0 saturated carbocycles. The summed E-state index contributed by atoms with van der Waals surface area (Å²) in [7, 11) is 0. The maximum absolute atomic E-state index is 9.32. The fourth-order valence-electron chi connectivity index (χ4n) is 2.11. The summed E-state index contributed by atoms with van der Waals surface area (Å²) >= 11 is 0. The molecule has 1 unspecified atom stereocenters. The second-order valence-electron chi connectivity index (χ2n) is 4.23. The van der Waals surface area contributed by atoms with Gasteiger partial charge in [-0.2, -0.15) is 0 Å². The molecule has 0 radical (unpaired) electrons. The third kappa shape index (κ3) is 2.26. The first-order valence-corrected chi connectivity index (χ1v) is 5.51. The lowest BCUT2D eigenvalue weighted by atomic mass is 9.82. The predicted octanol–water partition coefficient (Wildman–Crippen LogP) is 2.43. The molecule has 0 bridgehead atoms. The molecule has 1 aromatic heterocycles. The number of aliphatic hydroxyl groups excluding tert-OH is 1. The maximum Gasteiger partial charge on any atom is 0.0476 e. The van der Waals surface area contributed by atoms with E-state index in [9.17, 15) is 5.11 Å². The van der Waals surface area contributed by atoms with Crippen molar-refractivity contribution >= 4 is 0 Å².